The first-order chi connectivity index (χ1) is 6.38. The molecular formula is C12H21N. The van der Waals surface area contributed by atoms with Crippen LogP contribution in [0, 0.1) is 5.92 Å². The van der Waals surface area contributed by atoms with Crippen molar-refractivity contribution >= 4 is 0 Å². The SMILES string of the molecule is CCC(=CC1CCC1)CNC1CC1. The number of hydrogen-bond donors (Lipinski definition) is 1. The van der Waals surface area contributed by atoms with Crippen LogP contribution >= 0.6 is 0 Å². The average Bonchev–Trinajstić information content (AvgIpc) is 2.85. The molecule has 2 fully saturated rings. The van der Waals surface area contributed by atoms with Crippen LogP contribution in [-0.2, 0) is 0 Å². The molecule has 1 N–H and O–H groups in total. The summed E-state index contributed by atoms with van der Waals surface area (Å²) in [4.78, 5) is 0. The van der Waals surface area contributed by atoms with Crippen molar-refractivity contribution in [3.8, 4) is 0 Å². The van der Waals surface area contributed by atoms with E-state index in [1.165, 1.54) is 38.5 Å². The van der Waals surface area contributed by atoms with Gasteiger partial charge in [-0.1, -0.05) is 25.0 Å². The van der Waals surface area contributed by atoms with E-state index in [0.717, 1.165) is 18.5 Å². The Balaban J connectivity index is 1.72. The van der Waals surface area contributed by atoms with Crippen molar-refractivity contribution in [1.29, 1.82) is 0 Å². The zero-order valence-corrected chi connectivity index (χ0v) is 8.68. The highest BCUT2D eigenvalue weighted by atomic mass is 14.9. The molecule has 0 spiro atoms. The van der Waals surface area contributed by atoms with Crippen LogP contribution < -0.4 is 5.32 Å². The van der Waals surface area contributed by atoms with E-state index in [9.17, 15) is 0 Å². The molecule has 1 nitrogen and oxygen atoms in total. The molecule has 2 aliphatic carbocycles. The smallest absolute Gasteiger partial charge is 0.0167 e. The van der Waals surface area contributed by atoms with E-state index < -0.39 is 0 Å². The van der Waals surface area contributed by atoms with Crippen LogP contribution in [0.3, 0.4) is 0 Å². The van der Waals surface area contributed by atoms with Crippen LogP contribution in [0.2, 0.25) is 0 Å². The first-order valence-electron chi connectivity index (χ1n) is 5.81. The molecule has 0 aliphatic heterocycles. The van der Waals surface area contributed by atoms with E-state index in [-0.39, 0.29) is 0 Å². The third kappa shape index (κ3) is 2.84. The van der Waals surface area contributed by atoms with E-state index in [4.69, 9.17) is 0 Å². The fourth-order valence-corrected chi connectivity index (χ4v) is 1.80. The molecule has 13 heavy (non-hydrogen) atoms. The first-order valence-corrected chi connectivity index (χ1v) is 5.81. The Morgan fingerprint density at radius 3 is 2.54 bits per heavy atom. The lowest BCUT2D eigenvalue weighted by Gasteiger charge is -2.23. The summed E-state index contributed by atoms with van der Waals surface area (Å²) in [5.41, 5.74) is 1.64. The van der Waals surface area contributed by atoms with Crippen LogP contribution in [-0.4, -0.2) is 12.6 Å². The summed E-state index contributed by atoms with van der Waals surface area (Å²) in [6.07, 6.45) is 10.9. The van der Waals surface area contributed by atoms with Crippen molar-refractivity contribution in [2.75, 3.05) is 6.54 Å². The minimum atomic E-state index is 0.858. The highest BCUT2D eigenvalue weighted by Crippen LogP contribution is 2.29. The molecule has 0 heterocycles. The van der Waals surface area contributed by atoms with Gasteiger partial charge in [-0.3, -0.25) is 0 Å². The quantitative estimate of drug-likeness (QED) is 0.640. The summed E-state index contributed by atoms with van der Waals surface area (Å²) in [5, 5.41) is 3.59. The van der Waals surface area contributed by atoms with Gasteiger partial charge < -0.3 is 5.32 Å². The van der Waals surface area contributed by atoms with Crippen LogP contribution in [0.25, 0.3) is 0 Å². The van der Waals surface area contributed by atoms with Crippen LogP contribution in [0.15, 0.2) is 11.6 Å². The van der Waals surface area contributed by atoms with Gasteiger partial charge in [0.25, 0.3) is 0 Å². The largest absolute Gasteiger partial charge is 0.310 e. The van der Waals surface area contributed by atoms with Gasteiger partial charge in [0.15, 0.2) is 0 Å². The van der Waals surface area contributed by atoms with Gasteiger partial charge in [0.1, 0.15) is 0 Å². The Morgan fingerprint density at radius 1 is 1.31 bits per heavy atom. The molecular weight excluding hydrogens is 158 g/mol. The zero-order valence-electron chi connectivity index (χ0n) is 8.68. The second-order valence-electron chi connectivity index (χ2n) is 4.52. The first kappa shape index (κ1) is 9.26. The van der Waals surface area contributed by atoms with Gasteiger partial charge in [-0.25, -0.2) is 0 Å². The molecule has 0 saturated heterocycles. The maximum Gasteiger partial charge on any atom is 0.0167 e. The molecule has 2 rings (SSSR count). The van der Waals surface area contributed by atoms with Gasteiger partial charge in [0, 0.05) is 12.6 Å². The van der Waals surface area contributed by atoms with Gasteiger partial charge in [0.2, 0.25) is 0 Å². The Kier molecular flexibility index (Phi) is 3.05. The lowest BCUT2D eigenvalue weighted by Crippen LogP contribution is -2.20. The van der Waals surface area contributed by atoms with Gasteiger partial charge in [-0.05, 0) is 38.0 Å². The van der Waals surface area contributed by atoms with Gasteiger partial charge in [0.05, 0.1) is 0 Å². The molecule has 1 heteroatoms. The van der Waals surface area contributed by atoms with Crippen LogP contribution in [0.5, 0.6) is 0 Å². The van der Waals surface area contributed by atoms with Gasteiger partial charge in [-0.2, -0.15) is 0 Å². The molecule has 0 aromatic rings. The molecule has 0 amide bonds. The van der Waals surface area contributed by atoms with Gasteiger partial charge >= 0.3 is 0 Å². The van der Waals surface area contributed by atoms with Crippen molar-refractivity contribution in [1.82, 2.24) is 5.32 Å². The Morgan fingerprint density at radius 2 is 2.08 bits per heavy atom. The second-order valence-corrected chi connectivity index (χ2v) is 4.52. The maximum atomic E-state index is 3.59. The minimum Gasteiger partial charge on any atom is -0.310 e. The normalized spacial score (nSPS) is 24.5. The standard InChI is InChI=1S/C12H21N/c1-2-10(8-11-4-3-5-11)9-13-12-6-7-12/h8,11-13H,2-7,9H2,1H3. The molecule has 2 saturated carbocycles. The Hall–Kier alpha value is -0.300. The summed E-state index contributed by atoms with van der Waals surface area (Å²) in [6.45, 7) is 3.43. The third-order valence-electron chi connectivity index (χ3n) is 3.27. The predicted octanol–water partition coefficient (Wildman–Crippen LogP) is 2.87. The number of nitrogens with one attached hydrogen (secondary N) is 1. The minimum absolute atomic E-state index is 0.858. The third-order valence-corrected chi connectivity index (χ3v) is 3.27. The van der Waals surface area contributed by atoms with E-state index in [2.05, 4.69) is 18.3 Å². The topological polar surface area (TPSA) is 12.0 Å². The highest BCUT2D eigenvalue weighted by Gasteiger charge is 2.20. The van der Waals surface area contributed by atoms with E-state index in [0.29, 0.717) is 0 Å². The summed E-state index contributed by atoms with van der Waals surface area (Å²) in [7, 11) is 0. The molecule has 0 bridgehead atoms. The van der Waals surface area contributed by atoms with E-state index in [1.54, 1.807) is 5.57 Å². The predicted molar refractivity (Wildman–Crippen MR) is 56.7 cm³/mol. The van der Waals surface area contributed by atoms with Crippen molar-refractivity contribution in [3.05, 3.63) is 11.6 Å². The zero-order chi connectivity index (χ0) is 9.10. The fourth-order valence-electron chi connectivity index (χ4n) is 1.80. The van der Waals surface area contributed by atoms with Crippen molar-refractivity contribution < 1.29 is 0 Å². The lowest BCUT2D eigenvalue weighted by atomic mass is 9.84. The van der Waals surface area contributed by atoms with E-state index in [1.807, 2.05) is 0 Å². The molecule has 2 aliphatic rings. The van der Waals surface area contributed by atoms with Gasteiger partial charge in [-0.15, -0.1) is 0 Å². The highest BCUT2D eigenvalue weighted by molar-refractivity contribution is 5.08. The summed E-state index contributed by atoms with van der Waals surface area (Å²) >= 11 is 0. The van der Waals surface area contributed by atoms with Crippen LogP contribution in [0.4, 0.5) is 0 Å². The number of hydrogen-bond acceptors (Lipinski definition) is 1. The molecule has 0 radical (unpaired) electrons. The molecule has 74 valence electrons. The molecule has 0 aromatic carbocycles. The molecule has 0 unspecified atom stereocenters. The van der Waals surface area contributed by atoms with Crippen molar-refractivity contribution in [3.63, 3.8) is 0 Å². The fraction of sp³-hybridized carbons (Fsp3) is 0.833. The van der Waals surface area contributed by atoms with Crippen LogP contribution in [0.1, 0.15) is 45.4 Å². The average molecular weight is 179 g/mol. The molecule has 0 atom stereocenters. The summed E-state index contributed by atoms with van der Waals surface area (Å²) in [6, 6.07) is 0.858. The monoisotopic (exact) mass is 179 g/mol. The van der Waals surface area contributed by atoms with E-state index >= 15 is 0 Å². The molecule has 0 aromatic heterocycles. The number of rotatable bonds is 5. The number of allylic oxidation sites excluding steroid dienone is 1. The Labute approximate surface area is 81.6 Å². The summed E-state index contributed by atoms with van der Waals surface area (Å²) < 4.78 is 0. The summed E-state index contributed by atoms with van der Waals surface area (Å²) in [5.74, 6) is 0.927. The maximum absolute atomic E-state index is 3.59. The van der Waals surface area contributed by atoms with Crippen molar-refractivity contribution in [2.24, 2.45) is 5.92 Å². The van der Waals surface area contributed by atoms with Crippen molar-refractivity contribution in [2.45, 2.75) is 51.5 Å². The second kappa shape index (κ2) is 4.28. The lowest BCUT2D eigenvalue weighted by molar-refractivity contribution is 0.384. The Bertz CT molecular complexity index is 187.